The topological polar surface area (TPSA) is 100 Å². The normalized spacial score (nSPS) is 11.4. The molecule has 0 bridgehead atoms. The summed E-state index contributed by atoms with van der Waals surface area (Å²) >= 11 is 17.9. The Labute approximate surface area is 193 Å². The van der Waals surface area contributed by atoms with Crippen LogP contribution < -0.4 is 26.8 Å². The van der Waals surface area contributed by atoms with Crippen molar-refractivity contribution in [3.05, 3.63) is 77.7 Å². The van der Waals surface area contributed by atoms with Crippen LogP contribution in [0, 0.1) is 5.41 Å². The minimum atomic E-state index is -0.633. The number of hydrogen-bond donors (Lipinski definition) is 3. The van der Waals surface area contributed by atoms with Gasteiger partial charge in [0.25, 0.3) is 16.8 Å². The molecule has 0 unspecified atom stereocenters. The summed E-state index contributed by atoms with van der Waals surface area (Å²) in [6, 6.07) is 7.91. The third-order valence-electron chi connectivity index (χ3n) is 4.53. The fourth-order valence-electron chi connectivity index (χ4n) is 2.79. The number of rotatable bonds is 8. The van der Waals surface area contributed by atoms with Gasteiger partial charge in [0.15, 0.2) is 5.15 Å². The van der Waals surface area contributed by atoms with E-state index in [-0.39, 0.29) is 22.4 Å². The van der Waals surface area contributed by atoms with Crippen LogP contribution in [0.3, 0.4) is 0 Å². The molecule has 0 aliphatic heterocycles. The smallest absolute Gasteiger partial charge is 0.253 e. The second-order valence-corrected chi connectivity index (χ2v) is 8.96. The van der Waals surface area contributed by atoms with Crippen molar-refractivity contribution in [3.63, 3.8) is 0 Å². The molecule has 1 aromatic heterocycles. The Kier molecular flexibility index (Phi) is 6.89. The Morgan fingerprint density at radius 1 is 1.00 bits per heavy atom. The van der Waals surface area contributed by atoms with E-state index in [0.29, 0.717) is 34.4 Å². The zero-order chi connectivity index (χ0) is 22.8. The molecule has 0 fully saturated rings. The third-order valence-corrected chi connectivity index (χ3v) is 5.26. The standard InChI is InChI=1S/C21H19Cl3N4O3/c1-21(2,10-27-20(31)11-6-12(22)8-13(23)7-11)9-26-15-16(18(30)17(15)29)28-14-4-3-5-25-19(14)24/h3-8,26,28H,9-10H2,1-2H3,(H,27,31). The molecule has 0 saturated carbocycles. The van der Waals surface area contributed by atoms with E-state index >= 15 is 0 Å². The maximum atomic E-state index is 12.4. The van der Waals surface area contributed by atoms with E-state index in [0.717, 1.165) is 0 Å². The first kappa shape index (κ1) is 23.1. The molecule has 31 heavy (non-hydrogen) atoms. The number of amides is 1. The molecule has 0 atom stereocenters. The van der Waals surface area contributed by atoms with Crippen LogP contribution in [0.5, 0.6) is 0 Å². The van der Waals surface area contributed by atoms with Crippen molar-refractivity contribution < 1.29 is 4.79 Å². The predicted octanol–water partition coefficient (Wildman–Crippen LogP) is 4.25. The molecule has 1 amide bonds. The van der Waals surface area contributed by atoms with E-state index in [2.05, 4.69) is 20.9 Å². The molecule has 0 saturated heterocycles. The van der Waals surface area contributed by atoms with Crippen LogP contribution in [0.2, 0.25) is 15.2 Å². The van der Waals surface area contributed by atoms with E-state index in [1.54, 1.807) is 18.2 Å². The maximum absolute atomic E-state index is 12.4. The molecule has 162 valence electrons. The number of aromatic nitrogens is 1. The van der Waals surface area contributed by atoms with E-state index in [1.807, 2.05) is 13.8 Å². The summed E-state index contributed by atoms with van der Waals surface area (Å²) in [5.74, 6) is -0.319. The number of nitrogens with zero attached hydrogens (tertiary/aromatic N) is 1. The second kappa shape index (κ2) is 9.26. The molecule has 3 N–H and O–H groups in total. The van der Waals surface area contributed by atoms with Crippen LogP contribution in [-0.2, 0) is 0 Å². The summed E-state index contributed by atoms with van der Waals surface area (Å²) in [6.45, 7) is 4.43. The Hall–Kier alpha value is -2.61. The van der Waals surface area contributed by atoms with Gasteiger partial charge in [-0.3, -0.25) is 14.4 Å². The van der Waals surface area contributed by atoms with E-state index in [1.165, 1.54) is 18.3 Å². The highest BCUT2D eigenvalue weighted by Gasteiger charge is 2.25. The number of carbonyl (C=O) groups excluding carboxylic acids is 1. The van der Waals surface area contributed by atoms with Gasteiger partial charge in [-0.1, -0.05) is 48.7 Å². The highest BCUT2D eigenvalue weighted by atomic mass is 35.5. The molecule has 0 radical (unpaired) electrons. The van der Waals surface area contributed by atoms with Crippen molar-refractivity contribution >= 4 is 57.8 Å². The molecule has 2 aromatic carbocycles. The molecule has 10 heteroatoms. The quantitative estimate of drug-likeness (QED) is 0.328. The lowest BCUT2D eigenvalue weighted by Crippen LogP contribution is -2.42. The van der Waals surface area contributed by atoms with Gasteiger partial charge >= 0.3 is 0 Å². The number of benzene rings is 1. The summed E-state index contributed by atoms with van der Waals surface area (Å²) in [5.41, 5.74) is -0.614. The molecule has 0 spiro atoms. The highest BCUT2D eigenvalue weighted by molar-refractivity contribution is 6.35. The number of halogens is 3. The van der Waals surface area contributed by atoms with Gasteiger partial charge in [0.05, 0.1) is 5.69 Å². The molecular weight excluding hydrogens is 463 g/mol. The third kappa shape index (κ3) is 5.55. The summed E-state index contributed by atoms with van der Waals surface area (Å²) in [5, 5.41) is 9.60. The van der Waals surface area contributed by atoms with Gasteiger partial charge < -0.3 is 16.0 Å². The number of hydrogen-bond acceptors (Lipinski definition) is 6. The first-order valence-electron chi connectivity index (χ1n) is 9.26. The van der Waals surface area contributed by atoms with Gasteiger partial charge in [0.2, 0.25) is 0 Å². The van der Waals surface area contributed by atoms with Crippen molar-refractivity contribution in [2.24, 2.45) is 5.41 Å². The maximum Gasteiger partial charge on any atom is 0.253 e. The number of pyridine rings is 1. The minimum absolute atomic E-state index is 0.133. The molecule has 0 aliphatic carbocycles. The van der Waals surface area contributed by atoms with Crippen molar-refractivity contribution in [1.82, 2.24) is 10.3 Å². The Morgan fingerprint density at radius 2 is 1.65 bits per heavy atom. The van der Waals surface area contributed by atoms with Crippen LogP contribution in [-0.4, -0.2) is 24.0 Å². The first-order valence-corrected chi connectivity index (χ1v) is 10.4. The second-order valence-electron chi connectivity index (χ2n) is 7.73. The van der Waals surface area contributed by atoms with Crippen molar-refractivity contribution in [2.75, 3.05) is 23.7 Å². The summed E-state index contributed by atoms with van der Waals surface area (Å²) in [4.78, 5) is 40.3. The Balaban J connectivity index is 1.62. The zero-order valence-electron chi connectivity index (χ0n) is 16.7. The lowest BCUT2D eigenvalue weighted by molar-refractivity contribution is 0.0938. The van der Waals surface area contributed by atoms with Gasteiger partial charge in [-0.2, -0.15) is 0 Å². The van der Waals surface area contributed by atoms with E-state index in [9.17, 15) is 14.4 Å². The number of nitrogens with one attached hydrogen (secondary N) is 3. The largest absolute Gasteiger partial charge is 0.379 e. The van der Waals surface area contributed by atoms with Gasteiger partial charge in [0, 0.05) is 34.9 Å². The molecule has 3 rings (SSSR count). The van der Waals surface area contributed by atoms with Gasteiger partial charge in [-0.05, 0) is 35.7 Å². The van der Waals surface area contributed by atoms with Crippen LogP contribution in [0.4, 0.5) is 17.1 Å². The Morgan fingerprint density at radius 3 is 2.29 bits per heavy atom. The highest BCUT2D eigenvalue weighted by Crippen LogP contribution is 2.26. The summed E-state index contributed by atoms with van der Waals surface area (Å²) in [7, 11) is 0. The number of anilines is 3. The van der Waals surface area contributed by atoms with Crippen LogP contribution >= 0.6 is 34.8 Å². The minimum Gasteiger partial charge on any atom is -0.379 e. The SMILES string of the molecule is CC(C)(CNC(=O)c1cc(Cl)cc(Cl)c1)CNc1c(Nc2cccnc2Cl)c(=O)c1=O. The average molecular weight is 482 g/mol. The molecular formula is C21H19Cl3N4O3. The monoisotopic (exact) mass is 480 g/mol. The average Bonchev–Trinajstić information content (AvgIpc) is 2.71. The molecule has 3 aromatic rings. The predicted molar refractivity (Wildman–Crippen MR) is 125 cm³/mol. The summed E-state index contributed by atoms with van der Waals surface area (Å²) < 4.78 is 0. The fourth-order valence-corrected chi connectivity index (χ4v) is 3.48. The van der Waals surface area contributed by atoms with E-state index in [4.69, 9.17) is 34.8 Å². The van der Waals surface area contributed by atoms with E-state index < -0.39 is 16.3 Å². The summed E-state index contributed by atoms with van der Waals surface area (Å²) in [6.07, 6.45) is 1.52. The lowest BCUT2D eigenvalue weighted by Gasteiger charge is -2.27. The van der Waals surface area contributed by atoms with Gasteiger partial charge in [-0.15, -0.1) is 0 Å². The molecule has 0 aliphatic rings. The van der Waals surface area contributed by atoms with Crippen molar-refractivity contribution in [3.8, 4) is 0 Å². The molecule has 1 heterocycles. The van der Waals surface area contributed by atoms with Crippen molar-refractivity contribution in [1.29, 1.82) is 0 Å². The number of carbonyl (C=O) groups is 1. The fraction of sp³-hybridized carbons (Fsp3) is 0.238. The molecule has 7 nitrogen and oxygen atoms in total. The first-order chi connectivity index (χ1) is 14.6. The Bertz CT molecular complexity index is 1180. The van der Waals surface area contributed by atoms with Gasteiger partial charge in [0.1, 0.15) is 11.4 Å². The zero-order valence-corrected chi connectivity index (χ0v) is 19.0. The van der Waals surface area contributed by atoms with Crippen molar-refractivity contribution in [2.45, 2.75) is 13.8 Å². The van der Waals surface area contributed by atoms with Crippen LogP contribution in [0.25, 0.3) is 0 Å². The lowest BCUT2D eigenvalue weighted by atomic mass is 9.93. The van der Waals surface area contributed by atoms with Gasteiger partial charge in [-0.25, -0.2) is 4.98 Å². The van der Waals surface area contributed by atoms with Crippen LogP contribution in [0.1, 0.15) is 24.2 Å². The van der Waals surface area contributed by atoms with Crippen LogP contribution in [0.15, 0.2) is 46.1 Å².